The minimum absolute atomic E-state index is 0.296. The van der Waals surface area contributed by atoms with Crippen molar-refractivity contribution in [1.29, 1.82) is 0 Å². The molecule has 4 nitrogen and oxygen atoms in total. The minimum atomic E-state index is -1.08. The normalized spacial score (nSPS) is 8.43. The smallest absolute Gasteiger partial charge is 0.303 e. The summed E-state index contributed by atoms with van der Waals surface area (Å²) in [4.78, 5) is 19.3. The van der Waals surface area contributed by atoms with Crippen LogP contribution in [-0.4, -0.2) is 26.3 Å². The summed E-state index contributed by atoms with van der Waals surface area (Å²) in [6, 6.07) is 0. The standard InChI is InChI=1S/C4H6O4.C4H8S2/c5-3(6)1-2-4(7)8;1-2-3-4(5)6/h1-2H2,(H,5,6)(H,7,8);2-3H2,1H3,(H,5,6). The van der Waals surface area contributed by atoms with Crippen LogP contribution in [0.3, 0.4) is 0 Å². The van der Waals surface area contributed by atoms with Gasteiger partial charge in [0.2, 0.25) is 0 Å². The van der Waals surface area contributed by atoms with E-state index in [0.717, 1.165) is 17.0 Å². The molecule has 0 atom stereocenters. The van der Waals surface area contributed by atoms with Crippen molar-refractivity contribution in [2.45, 2.75) is 32.6 Å². The molecule has 0 unspecified atom stereocenters. The zero-order valence-electron chi connectivity index (χ0n) is 7.89. The molecule has 0 aliphatic rings. The predicted molar refractivity (Wildman–Crippen MR) is 61.0 cm³/mol. The third-order valence-corrected chi connectivity index (χ3v) is 1.44. The molecular weight excluding hydrogens is 224 g/mol. The summed E-state index contributed by atoms with van der Waals surface area (Å²) in [5.74, 6) is -2.15. The van der Waals surface area contributed by atoms with Crippen molar-refractivity contribution in [2.24, 2.45) is 0 Å². The molecule has 0 aliphatic heterocycles. The molecule has 14 heavy (non-hydrogen) atoms. The molecule has 0 heterocycles. The maximum atomic E-state index is 9.64. The molecule has 0 saturated carbocycles. The lowest BCUT2D eigenvalue weighted by Crippen LogP contribution is -2.00. The largest absolute Gasteiger partial charge is 0.481 e. The van der Waals surface area contributed by atoms with E-state index in [2.05, 4.69) is 31.8 Å². The fourth-order valence-corrected chi connectivity index (χ4v) is 0.855. The highest BCUT2D eigenvalue weighted by atomic mass is 32.1. The first-order chi connectivity index (χ1) is 6.40. The Morgan fingerprint density at radius 3 is 1.57 bits per heavy atom. The molecule has 0 spiro atoms. The lowest BCUT2D eigenvalue weighted by molar-refractivity contribution is -0.143. The molecule has 6 heteroatoms. The van der Waals surface area contributed by atoms with Crippen LogP contribution in [0.15, 0.2) is 0 Å². The maximum absolute atomic E-state index is 9.64. The van der Waals surface area contributed by atoms with Crippen LogP contribution in [0.4, 0.5) is 0 Å². The van der Waals surface area contributed by atoms with Gasteiger partial charge in [-0.05, 0) is 6.42 Å². The first-order valence-corrected chi connectivity index (χ1v) is 4.91. The van der Waals surface area contributed by atoms with Crippen molar-refractivity contribution < 1.29 is 19.8 Å². The Hall–Kier alpha value is -0.620. The summed E-state index contributed by atoms with van der Waals surface area (Å²) >= 11 is 8.57. The van der Waals surface area contributed by atoms with E-state index in [0.29, 0.717) is 0 Å². The third kappa shape index (κ3) is 22.5. The highest BCUT2D eigenvalue weighted by Gasteiger charge is 2.00. The SMILES string of the molecule is CCCC(=S)S.O=C(O)CCC(=O)O. The number of aliphatic carboxylic acids is 2. The fraction of sp³-hybridized carbons (Fsp3) is 0.625. The Kier molecular flexibility index (Phi) is 11.8. The highest BCUT2D eigenvalue weighted by Crippen LogP contribution is 1.93. The van der Waals surface area contributed by atoms with E-state index in [1.165, 1.54) is 0 Å². The number of hydrogen-bond donors (Lipinski definition) is 3. The van der Waals surface area contributed by atoms with Crippen LogP contribution in [-0.2, 0) is 9.59 Å². The molecule has 2 N–H and O–H groups in total. The van der Waals surface area contributed by atoms with Crippen LogP contribution in [0.1, 0.15) is 32.6 Å². The van der Waals surface area contributed by atoms with Gasteiger partial charge in [-0.1, -0.05) is 25.6 Å². The number of thiocarbonyl (C=S) groups is 1. The van der Waals surface area contributed by atoms with Gasteiger partial charge >= 0.3 is 11.9 Å². The number of carboxylic acids is 2. The molecule has 0 bridgehead atoms. The fourth-order valence-electron chi connectivity index (χ4n) is 0.428. The van der Waals surface area contributed by atoms with Crippen LogP contribution in [0.25, 0.3) is 0 Å². The lowest BCUT2D eigenvalue weighted by Gasteiger charge is -1.85. The van der Waals surface area contributed by atoms with Crippen LogP contribution in [0, 0.1) is 0 Å². The quantitative estimate of drug-likeness (QED) is 0.504. The molecule has 82 valence electrons. The van der Waals surface area contributed by atoms with E-state index >= 15 is 0 Å². The Labute approximate surface area is 93.7 Å². The highest BCUT2D eigenvalue weighted by molar-refractivity contribution is 8.11. The second kappa shape index (κ2) is 10.5. The van der Waals surface area contributed by atoms with Crippen molar-refractivity contribution in [1.82, 2.24) is 0 Å². The number of rotatable bonds is 5. The molecular formula is C8H14O4S2. The minimum Gasteiger partial charge on any atom is -0.481 e. The van der Waals surface area contributed by atoms with Gasteiger partial charge in [0.05, 0.1) is 12.8 Å². The monoisotopic (exact) mass is 238 g/mol. The van der Waals surface area contributed by atoms with Crippen molar-refractivity contribution in [3.63, 3.8) is 0 Å². The van der Waals surface area contributed by atoms with Crippen LogP contribution in [0.2, 0.25) is 0 Å². The van der Waals surface area contributed by atoms with Crippen molar-refractivity contribution >= 4 is 41.0 Å². The Bertz CT molecular complexity index is 190. The van der Waals surface area contributed by atoms with Crippen molar-refractivity contribution in [3.05, 3.63) is 0 Å². The summed E-state index contributed by atoms with van der Waals surface area (Å²) in [6.45, 7) is 2.09. The van der Waals surface area contributed by atoms with Crippen LogP contribution in [0.5, 0.6) is 0 Å². The zero-order valence-corrected chi connectivity index (χ0v) is 9.61. The molecule has 0 saturated heterocycles. The number of carboxylic acid groups (broad SMARTS) is 2. The molecule has 0 aliphatic carbocycles. The van der Waals surface area contributed by atoms with E-state index in [1.807, 2.05) is 0 Å². The maximum Gasteiger partial charge on any atom is 0.303 e. The van der Waals surface area contributed by atoms with Gasteiger partial charge in [0, 0.05) is 4.20 Å². The Morgan fingerprint density at radius 1 is 1.14 bits per heavy atom. The van der Waals surface area contributed by atoms with Crippen LogP contribution < -0.4 is 0 Å². The number of carbonyl (C=O) groups is 2. The average molecular weight is 238 g/mol. The van der Waals surface area contributed by atoms with Gasteiger partial charge in [0.25, 0.3) is 0 Å². The van der Waals surface area contributed by atoms with Gasteiger partial charge in [-0.3, -0.25) is 9.59 Å². The number of hydrogen-bond acceptors (Lipinski definition) is 3. The van der Waals surface area contributed by atoms with Crippen molar-refractivity contribution in [3.8, 4) is 0 Å². The van der Waals surface area contributed by atoms with Gasteiger partial charge in [-0.2, -0.15) is 0 Å². The summed E-state index contributed by atoms with van der Waals surface area (Å²) in [6.07, 6.45) is 1.49. The average Bonchev–Trinajstić information content (AvgIpc) is 2.01. The van der Waals surface area contributed by atoms with E-state index in [1.54, 1.807) is 0 Å². The van der Waals surface area contributed by atoms with Gasteiger partial charge in [0.15, 0.2) is 0 Å². The zero-order chi connectivity index (χ0) is 11.6. The van der Waals surface area contributed by atoms with Crippen molar-refractivity contribution in [2.75, 3.05) is 0 Å². The van der Waals surface area contributed by atoms with Gasteiger partial charge in [0.1, 0.15) is 0 Å². The number of thiol groups is 1. The van der Waals surface area contributed by atoms with E-state index in [9.17, 15) is 9.59 Å². The van der Waals surface area contributed by atoms with E-state index < -0.39 is 11.9 Å². The third-order valence-electron chi connectivity index (χ3n) is 1.02. The second-order valence-corrected chi connectivity index (χ2v) is 3.77. The van der Waals surface area contributed by atoms with E-state index in [-0.39, 0.29) is 12.8 Å². The van der Waals surface area contributed by atoms with E-state index in [4.69, 9.17) is 10.2 Å². The summed E-state index contributed by atoms with van der Waals surface area (Å²) in [7, 11) is 0. The summed E-state index contributed by atoms with van der Waals surface area (Å²) < 4.78 is 0.817. The molecule has 0 fully saturated rings. The Morgan fingerprint density at radius 2 is 1.50 bits per heavy atom. The lowest BCUT2D eigenvalue weighted by atomic mass is 10.3. The molecule has 0 radical (unpaired) electrons. The molecule has 0 aromatic carbocycles. The first-order valence-electron chi connectivity index (χ1n) is 4.05. The summed E-state index contributed by atoms with van der Waals surface area (Å²) in [5, 5.41) is 15.8. The van der Waals surface area contributed by atoms with Gasteiger partial charge in [-0.25, -0.2) is 0 Å². The topological polar surface area (TPSA) is 74.6 Å². The van der Waals surface area contributed by atoms with Gasteiger partial charge in [-0.15, -0.1) is 12.6 Å². The predicted octanol–water partition coefficient (Wildman–Crippen LogP) is 1.98. The molecule has 0 amide bonds. The van der Waals surface area contributed by atoms with Crippen LogP contribution >= 0.6 is 24.8 Å². The Balaban J connectivity index is 0. The molecule has 0 aromatic rings. The van der Waals surface area contributed by atoms with Gasteiger partial charge < -0.3 is 10.2 Å². The molecule has 0 aromatic heterocycles. The molecule has 0 rings (SSSR count). The summed E-state index contributed by atoms with van der Waals surface area (Å²) in [5.41, 5.74) is 0. The first kappa shape index (κ1) is 15.8. The second-order valence-electron chi connectivity index (χ2n) is 2.43.